The van der Waals surface area contributed by atoms with Gasteiger partial charge in [0.2, 0.25) is 5.91 Å². The molecule has 0 saturated heterocycles. The minimum Gasteiger partial charge on any atom is -0.355 e. The third-order valence-corrected chi connectivity index (χ3v) is 4.58. The summed E-state index contributed by atoms with van der Waals surface area (Å²) in [5, 5.41) is 7.79. The zero-order valence-corrected chi connectivity index (χ0v) is 15.7. The molecule has 26 heavy (non-hydrogen) atoms. The van der Waals surface area contributed by atoms with E-state index >= 15 is 0 Å². The van der Waals surface area contributed by atoms with Crippen molar-refractivity contribution in [1.29, 1.82) is 0 Å². The molecule has 1 N–H and O–H groups in total. The van der Waals surface area contributed by atoms with Gasteiger partial charge in [-0.05, 0) is 50.1 Å². The van der Waals surface area contributed by atoms with Gasteiger partial charge in [0.05, 0.1) is 11.4 Å². The summed E-state index contributed by atoms with van der Waals surface area (Å²) in [6, 6.07) is 12.0. The zero-order valence-electron chi connectivity index (χ0n) is 14.8. The Morgan fingerprint density at radius 3 is 2.54 bits per heavy atom. The second-order valence-electron chi connectivity index (χ2n) is 5.94. The quantitative estimate of drug-likeness (QED) is 0.513. The molecule has 0 aliphatic heterocycles. The summed E-state index contributed by atoms with van der Waals surface area (Å²) >= 11 is 1.36. The fourth-order valence-corrected chi connectivity index (χ4v) is 3.30. The molecule has 1 aromatic carbocycles. The molecule has 2 heterocycles. The van der Waals surface area contributed by atoms with Crippen molar-refractivity contribution in [3.63, 3.8) is 0 Å². The predicted molar refractivity (Wildman–Crippen MR) is 103 cm³/mol. The summed E-state index contributed by atoms with van der Waals surface area (Å²) in [7, 11) is 0. The first kappa shape index (κ1) is 18.1. The first-order chi connectivity index (χ1) is 12.6. The van der Waals surface area contributed by atoms with Gasteiger partial charge in [0, 0.05) is 30.3 Å². The number of aryl methyl sites for hydroxylation is 2. The molecule has 0 bridgehead atoms. The van der Waals surface area contributed by atoms with E-state index in [2.05, 4.69) is 32.5 Å². The van der Waals surface area contributed by atoms with E-state index in [9.17, 15) is 4.79 Å². The first-order valence-electron chi connectivity index (χ1n) is 8.41. The highest BCUT2D eigenvalue weighted by atomic mass is 32.2. The van der Waals surface area contributed by atoms with E-state index in [1.54, 1.807) is 6.20 Å². The highest BCUT2D eigenvalue weighted by Gasteiger charge is 2.06. The maximum absolute atomic E-state index is 12.0. The van der Waals surface area contributed by atoms with E-state index in [0.29, 0.717) is 17.5 Å². The van der Waals surface area contributed by atoms with Gasteiger partial charge in [-0.2, -0.15) is 5.10 Å². The van der Waals surface area contributed by atoms with Crippen LogP contribution >= 0.6 is 11.8 Å². The van der Waals surface area contributed by atoms with Crippen LogP contribution in [-0.4, -0.2) is 38.0 Å². The molecule has 0 radical (unpaired) electrons. The van der Waals surface area contributed by atoms with E-state index in [0.717, 1.165) is 23.5 Å². The van der Waals surface area contributed by atoms with Crippen LogP contribution < -0.4 is 5.32 Å². The second kappa shape index (κ2) is 8.62. The molecule has 6 nitrogen and oxygen atoms in total. The number of amides is 1. The van der Waals surface area contributed by atoms with Crippen molar-refractivity contribution < 1.29 is 4.79 Å². The Hall–Kier alpha value is -2.67. The Kier molecular flexibility index (Phi) is 6.01. The van der Waals surface area contributed by atoms with Crippen LogP contribution in [-0.2, 0) is 11.2 Å². The van der Waals surface area contributed by atoms with E-state index in [4.69, 9.17) is 0 Å². The SMILES string of the molecule is Cc1cc(C)nc(SCC(=O)NCCc2ccc(-n3cccn3)cc2)n1. The summed E-state index contributed by atoms with van der Waals surface area (Å²) in [4.78, 5) is 20.6. The summed E-state index contributed by atoms with van der Waals surface area (Å²) in [5.41, 5.74) is 4.03. The monoisotopic (exact) mass is 367 g/mol. The number of nitrogens with one attached hydrogen (secondary N) is 1. The second-order valence-corrected chi connectivity index (χ2v) is 6.88. The van der Waals surface area contributed by atoms with Crippen molar-refractivity contribution in [3.8, 4) is 5.69 Å². The molecule has 0 unspecified atom stereocenters. The molecule has 1 amide bonds. The van der Waals surface area contributed by atoms with E-state index in [-0.39, 0.29) is 5.91 Å². The Labute approximate surface area is 157 Å². The molecular formula is C19H21N5OS. The number of aromatic nitrogens is 4. The van der Waals surface area contributed by atoms with Gasteiger partial charge in [-0.25, -0.2) is 14.6 Å². The van der Waals surface area contributed by atoms with Gasteiger partial charge >= 0.3 is 0 Å². The number of thioether (sulfide) groups is 1. The smallest absolute Gasteiger partial charge is 0.230 e. The Morgan fingerprint density at radius 2 is 1.88 bits per heavy atom. The lowest BCUT2D eigenvalue weighted by Crippen LogP contribution is -2.27. The Bertz CT molecular complexity index is 842. The van der Waals surface area contributed by atoms with Crippen LogP contribution in [0.5, 0.6) is 0 Å². The molecule has 2 aromatic heterocycles. The number of hydrogen-bond donors (Lipinski definition) is 1. The molecular weight excluding hydrogens is 346 g/mol. The molecule has 7 heteroatoms. The average molecular weight is 367 g/mol. The molecule has 0 saturated carbocycles. The number of carbonyl (C=O) groups excluding carboxylic acids is 1. The van der Waals surface area contributed by atoms with Gasteiger partial charge in [-0.15, -0.1) is 0 Å². The van der Waals surface area contributed by atoms with Crippen LogP contribution in [0.1, 0.15) is 17.0 Å². The lowest BCUT2D eigenvalue weighted by Gasteiger charge is -2.07. The topological polar surface area (TPSA) is 72.7 Å². The summed E-state index contributed by atoms with van der Waals surface area (Å²) in [6.45, 7) is 4.46. The van der Waals surface area contributed by atoms with Gasteiger partial charge in [0.15, 0.2) is 5.16 Å². The minimum atomic E-state index is -0.00841. The largest absolute Gasteiger partial charge is 0.355 e. The Balaban J connectivity index is 1.42. The zero-order chi connectivity index (χ0) is 18.4. The van der Waals surface area contributed by atoms with E-state index < -0.39 is 0 Å². The van der Waals surface area contributed by atoms with Crippen LogP contribution in [0.4, 0.5) is 0 Å². The molecule has 0 atom stereocenters. The van der Waals surface area contributed by atoms with Crippen molar-refractivity contribution in [3.05, 3.63) is 65.7 Å². The van der Waals surface area contributed by atoms with Gasteiger partial charge < -0.3 is 5.32 Å². The van der Waals surface area contributed by atoms with Crippen LogP contribution in [0.25, 0.3) is 5.69 Å². The molecule has 0 aliphatic carbocycles. The maximum Gasteiger partial charge on any atom is 0.230 e. The molecule has 134 valence electrons. The third-order valence-electron chi connectivity index (χ3n) is 3.74. The predicted octanol–water partition coefficient (Wildman–Crippen LogP) is 2.73. The fraction of sp³-hybridized carbons (Fsp3) is 0.263. The van der Waals surface area contributed by atoms with Crippen molar-refractivity contribution in [2.75, 3.05) is 12.3 Å². The van der Waals surface area contributed by atoms with Gasteiger partial charge in [0.25, 0.3) is 0 Å². The Morgan fingerprint density at radius 1 is 1.15 bits per heavy atom. The lowest BCUT2D eigenvalue weighted by molar-refractivity contribution is -0.118. The minimum absolute atomic E-state index is 0.00841. The number of nitrogens with zero attached hydrogens (tertiary/aromatic N) is 4. The standard InChI is InChI=1S/C19H21N5OS/c1-14-12-15(2)23-19(22-14)26-13-18(25)20-10-8-16-4-6-17(7-5-16)24-11-3-9-21-24/h3-7,9,11-12H,8,10,13H2,1-2H3,(H,20,25). The lowest BCUT2D eigenvalue weighted by atomic mass is 10.1. The molecule has 3 aromatic rings. The average Bonchev–Trinajstić information content (AvgIpc) is 3.14. The fourth-order valence-electron chi connectivity index (χ4n) is 2.52. The van der Waals surface area contributed by atoms with Crippen LogP contribution in [0.15, 0.2) is 53.9 Å². The van der Waals surface area contributed by atoms with Crippen LogP contribution in [0, 0.1) is 13.8 Å². The van der Waals surface area contributed by atoms with Crippen molar-refractivity contribution in [1.82, 2.24) is 25.1 Å². The first-order valence-corrected chi connectivity index (χ1v) is 9.39. The number of carbonyl (C=O) groups is 1. The van der Waals surface area contributed by atoms with E-state index in [1.807, 2.05) is 49.0 Å². The number of hydrogen-bond acceptors (Lipinski definition) is 5. The van der Waals surface area contributed by atoms with Crippen molar-refractivity contribution in [2.45, 2.75) is 25.4 Å². The molecule has 0 fully saturated rings. The van der Waals surface area contributed by atoms with Gasteiger partial charge in [-0.3, -0.25) is 4.79 Å². The van der Waals surface area contributed by atoms with Gasteiger partial charge in [-0.1, -0.05) is 23.9 Å². The summed E-state index contributed by atoms with van der Waals surface area (Å²) in [6.07, 6.45) is 4.45. The van der Waals surface area contributed by atoms with Crippen molar-refractivity contribution >= 4 is 17.7 Å². The highest BCUT2D eigenvalue weighted by molar-refractivity contribution is 7.99. The molecule has 0 spiro atoms. The van der Waals surface area contributed by atoms with Crippen molar-refractivity contribution in [2.24, 2.45) is 0 Å². The molecule has 0 aliphatic rings. The van der Waals surface area contributed by atoms with Crippen LogP contribution in [0.3, 0.4) is 0 Å². The summed E-state index contributed by atoms with van der Waals surface area (Å²) < 4.78 is 1.82. The summed E-state index contributed by atoms with van der Waals surface area (Å²) in [5.74, 6) is 0.312. The third kappa shape index (κ3) is 5.16. The number of benzene rings is 1. The maximum atomic E-state index is 12.0. The van der Waals surface area contributed by atoms with Crippen LogP contribution in [0.2, 0.25) is 0 Å². The van der Waals surface area contributed by atoms with Gasteiger partial charge in [0.1, 0.15) is 0 Å². The molecule has 3 rings (SSSR count). The normalized spacial score (nSPS) is 10.7. The number of rotatable bonds is 7. The van der Waals surface area contributed by atoms with E-state index in [1.165, 1.54) is 17.3 Å². The highest BCUT2D eigenvalue weighted by Crippen LogP contribution is 2.13.